The van der Waals surface area contributed by atoms with Gasteiger partial charge >= 0.3 is 0 Å². The van der Waals surface area contributed by atoms with Crippen molar-refractivity contribution in [3.05, 3.63) is 40.4 Å². The fourth-order valence-corrected chi connectivity index (χ4v) is 3.76. The van der Waals surface area contributed by atoms with Gasteiger partial charge in [0, 0.05) is 12.6 Å². The number of hydrogen-bond acceptors (Lipinski definition) is 3. The standard InChI is InChI=1S/C20H29N3O/c1-3-15(2)23(13-16-9-5-4-6-10-16)14-19-21-18-12-8-7-11-17(18)20(24)22-19/h7-8,11-12,15-16H,3-6,9-10,13-14H2,1-2H3,(H,21,22,24). The van der Waals surface area contributed by atoms with E-state index >= 15 is 0 Å². The van der Waals surface area contributed by atoms with Crippen LogP contribution in [0.1, 0.15) is 58.2 Å². The summed E-state index contributed by atoms with van der Waals surface area (Å²) in [6, 6.07) is 8.08. The van der Waals surface area contributed by atoms with Gasteiger partial charge in [0.2, 0.25) is 0 Å². The lowest BCUT2D eigenvalue weighted by Crippen LogP contribution is -2.37. The average Bonchev–Trinajstić information content (AvgIpc) is 2.61. The zero-order chi connectivity index (χ0) is 16.9. The van der Waals surface area contributed by atoms with Gasteiger partial charge in [-0.2, -0.15) is 0 Å². The normalized spacial score (nSPS) is 17.5. The minimum absolute atomic E-state index is 0.0302. The second-order valence-corrected chi connectivity index (χ2v) is 7.22. The van der Waals surface area contributed by atoms with Crippen LogP contribution < -0.4 is 5.56 Å². The molecule has 0 saturated heterocycles. The smallest absolute Gasteiger partial charge is 0.258 e. The van der Waals surface area contributed by atoms with Crippen LogP contribution >= 0.6 is 0 Å². The Kier molecular flexibility index (Phi) is 5.67. The van der Waals surface area contributed by atoms with Crippen LogP contribution in [0.5, 0.6) is 0 Å². The summed E-state index contributed by atoms with van der Waals surface area (Å²) in [7, 11) is 0. The molecule has 130 valence electrons. The van der Waals surface area contributed by atoms with Crippen molar-refractivity contribution in [2.45, 2.75) is 65.0 Å². The first-order valence-electron chi connectivity index (χ1n) is 9.39. The highest BCUT2D eigenvalue weighted by atomic mass is 16.1. The minimum atomic E-state index is -0.0302. The SMILES string of the molecule is CCC(C)N(Cc1nc2ccccc2c(=O)[nH]1)CC1CCCCC1. The maximum Gasteiger partial charge on any atom is 0.258 e. The molecule has 1 heterocycles. The highest BCUT2D eigenvalue weighted by Crippen LogP contribution is 2.25. The molecule has 24 heavy (non-hydrogen) atoms. The maximum atomic E-state index is 12.3. The third kappa shape index (κ3) is 4.04. The molecule has 3 rings (SSSR count). The Balaban J connectivity index is 1.80. The Morgan fingerprint density at radius 3 is 2.75 bits per heavy atom. The fraction of sp³-hybridized carbons (Fsp3) is 0.600. The van der Waals surface area contributed by atoms with E-state index in [0.717, 1.165) is 36.8 Å². The number of fused-ring (bicyclic) bond motifs is 1. The predicted octanol–water partition coefficient (Wildman–Crippen LogP) is 4.10. The quantitative estimate of drug-likeness (QED) is 0.869. The number of hydrogen-bond donors (Lipinski definition) is 1. The molecule has 1 N–H and O–H groups in total. The van der Waals surface area contributed by atoms with Crippen molar-refractivity contribution < 1.29 is 0 Å². The number of benzene rings is 1. The lowest BCUT2D eigenvalue weighted by atomic mass is 9.88. The third-order valence-electron chi connectivity index (χ3n) is 5.45. The first-order chi connectivity index (χ1) is 11.7. The number of nitrogens with zero attached hydrogens (tertiary/aromatic N) is 2. The van der Waals surface area contributed by atoms with Crippen LogP contribution in [0.4, 0.5) is 0 Å². The Morgan fingerprint density at radius 1 is 1.25 bits per heavy atom. The lowest BCUT2D eigenvalue weighted by Gasteiger charge is -2.33. The second-order valence-electron chi connectivity index (χ2n) is 7.22. The molecule has 0 bridgehead atoms. The van der Waals surface area contributed by atoms with Crippen LogP contribution in [0, 0.1) is 5.92 Å². The van der Waals surface area contributed by atoms with Gasteiger partial charge in [-0.25, -0.2) is 4.98 Å². The first-order valence-corrected chi connectivity index (χ1v) is 9.39. The molecule has 1 aliphatic carbocycles. The molecule has 1 aromatic carbocycles. The Labute approximate surface area is 144 Å². The summed E-state index contributed by atoms with van der Waals surface area (Å²) in [5.41, 5.74) is 0.760. The van der Waals surface area contributed by atoms with Gasteiger partial charge in [-0.05, 0) is 44.2 Å². The Bertz CT molecular complexity index is 718. The first kappa shape index (κ1) is 17.2. The van der Waals surface area contributed by atoms with Crippen LogP contribution in [0.25, 0.3) is 10.9 Å². The van der Waals surface area contributed by atoms with Gasteiger partial charge < -0.3 is 4.98 Å². The molecule has 2 aromatic rings. The van der Waals surface area contributed by atoms with Crippen LogP contribution in [0.2, 0.25) is 0 Å². The summed E-state index contributed by atoms with van der Waals surface area (Å²) in [6.45, 7) is 6.36. The summed E-state index contributed by atoms with van der Waals surface area (Å²) >= 11 is 0. The van der Waals surface area contributed by atoms with Gasteiger partial charge in [-0.3, -0.25) is 9.69 Å². The summed E-state index contributed by atoms with van der Waals surface area (Å²) in [4.78, 5) is 22.5. The zero-order valence-electron chi connectivity index (χ0n) is 14.9. The lowest BCUT2D eigenvalue weighted by molar-refractivity contribution is 0.143. The molecule has 4 nitrogen and oxygen atoms in total. The molecule has 0 aliphatic heterocycles. The molecule has 1 aromatic heterocycles. The van der Waals surface area contributed by atoms with Crippen LogP contribution in [0.3, 0.4) is 0 Å². The average molecular weight is 327 g/mol. The molecule has 1 atom stereocenters. The molecule has 0 amide bonds. The van der Waals surface area contributed by atoms with E-state index in [2.05, 4.69) is 28.7 Å². The molecule has 0 radical (unpaired) electrons. The number of rotatable bonds is 6. The van der Waals surface area contributed by atoms with Gasteiger partial charge in [0.1, 0.15) is 5.82 Å². The van der Waals surface area contributed by atoms with Gasteiger partial charge in [-0.1, -0.05) is 38.3 Å². The van der Waals surface area contributed by atoms with Crippen molar-refractivity contribution in [3.63, 3.8) is 0 Å². The van der Waals surface area contributed by atoms with E-state index in [-0.39, 0.29) is 5.56 Å². The fourth-order valence-electron chi connectivity index (χ4n) is 3.76. The highest BCUT2D eigenvalue weighted by molar-refractivity contribution is 5.77. The third-order valence-corrected chi connectivity index (χ3v) is 5.45. The number of para-hydroxylation sites is 1. The number of H-pyrrole nitrogens is 1. The van der Waals surface area contributed by atoms with Crippen LogP contribution in [-0.2, 0) is 6.54 Å². The van der Waals surface area contributed by atoms with E-state index in [0.29, 0.717) is 11.4 Å². The monoisotopic (exact) mass is 327 g/mol. The van der Waals surface area contributed by atoms with E-state index in [4.69, 9.17) is 0 Å². The largest absolute Gasteiger partial charge is 0.309 e. The van der Waals surface area contributed by atoms with Crippen molar-refractivity contribution in [2.75, 3.05) is 6.54 Å². The van der Waals surface area contributed by atoms with Crippen molar-refractivity contribution in [1.29, 1.82) is 0 Å². The molecule has 4 heteroatoms. The summed E-state index contributed by atoms with van der Waals surface area (Å²) in [5, 5.41) is 0.670. The van der Waals surface area contributed by atoms with Gasteiger partial charge in [0.25, 0.3) is 5.56 Å². The van der Waals surface area contributed by atoms with Crippen molar-refractivity contribution in [2.24, 2.45) is 5.92 Å². The van der Waals surface area contributed by atoms with E-state index in [1.165, 1.54) is 32.1 Å². The van der Waals surface area contributed by atoms with E-state index in [1.807, 2.05) is 24.3 Å². The van der Waals surface area contributed by atoms with E-state index < -0.39 is 0 Å². The van der Waals surface area contributed by atoms with Gasteiger partial charge in [0.15, 0.2) is 0 Å². The molecule has 1 aliphatic rings. The van der Waals surface area contributed by atoms with Crippen LogP contribution in [-0.4, -0.2) is 27.5 Å². The topological polar surface area (TPSA) is 49.0 Å². The number of aromatic nitrogens is 2. The van der Waals surface area contributed by atoms with Crippen molar-refractivity contribution in [1.82, 2.24) is 14.9 Å². The summed E-state index contributed by atoms with van der Waals surface area (Å²) in [5.74, 6) is 1.58. The molecular weight excluding hydrogens is 298 g/mol. The van der Waals surface area contributed by atoms with Crippen molar-refractivity contribution >= 4 is 10.9 Å². The number of aromatic amines is 1. The summed E-state index contributed by atoms with van der Waals surface area (Å²) in [6.07, 6.45) is 7.92. The van der Waals surface area contributed by atoms with Crippen molar-refractivity contribution in [3.8, 4) is 0 Å². The van der Waals surface area contributed by atoms with E-state index in [1.54, 1.807) is 0 Å². The highest BCUT2D eigenvalue weighted by Gasteiger charge is 2.21. The number of nitrogens with one attached hydrogen (secondary N) is 1. The minimum Gasteiger partial charge on any atom is -0.309 e. The van der Waals surface area contributed by atoms with Crippen LogP contribution in [0.15, 0.2) is 29.1 Å². The molecule has 1 saturated carbocycles. The molecule has 1 unspecified atom stereocenters. The van der Waals surface area contributed by atoms with E-state index in [9.17, 15) is 4.79 Å². The molecular formula is C20H29N3O. The maximum absolute atomic E-state index is 12.3. The Morgan fingerprint density at radius 2 is 2.00 bits per heavy atom. The Hall–Kier alpha value is -1.68. The predicted molar refractivity (Wildman–Crippen MR) is 99.1 cm³/mol. The van der Waals surface area contributed by atoms with Gasteiger partial charge in [0.05, 0.1) is 17.4 Å². The molecule has 0 spiro atoms. The second kappa shape index (κ2) is 7.93. The zero-order valence-corrected chi connectivity index (χ0v) is 14.9. The summed E-state index contributed by atoms with van der Waals surface area (Å²) < 4.78 is 0. The van der Waals surface area contributed by atoms with Gasteiger partial charge in [-0.15, -0.1) is 0 Å². The molecule has 1 fully saturated rings.